The molecule has 1 aromatic carbocycles. The summed E-state index contributed by atoms with van der Waals surface area (Å²) in [6.45, 7) is 3.95. The van der Waals surface area contributed by atoms with E-state index in [2.05, 4.69) is 20.9 Å². The topological polar surface area (TPSA) is 75.0 Å². The summed E-state index contributed by atoms with van der Waals surface area (Å²) in [6, 6.07) is 7.98. The second-order valence-corrected chi connectivity index (χ2v) is 5.48. The van der Waals surface area contributed by atoms with Gasteiger partial charge in [0.1, 0.15) is 5.52 Å². The van der Waals surface area contributed by atoms with Crippen LogP contribution in [0.5, 0.6) is 0 Å². The Morgan fingerprint density at radius 3 is 3.15 bits per heavy atom. The Labute approximate surface area is 118 Å². The van der Waals surface area contributed by atoms with Crippen LogP contribution in [0.3, 0.4) is 0 Å². The molecule has 1 aliphatic heterocycles. The summed E-state index contributed by atoms with van der Waals surface area (Å²) in [7, 11) is 0. The molecule has 0 unspecified atom stereocenters. The molecule has 0 radical (unpaired) electrons. The van der Waals surface area contributed by atoms with Crippen LogP contribution in [0.4, 0.5) is 0 Å². The highest BCUT2D eigenvalue weighted by atomic mass is 16.3. The van der Waals surface area contributed by atoms with Crippen LogP contribution in [0.2, 0.25) is 0 Å². The Hall–Kier alpha value is -1.50. The molecule has 2 heterocycles. The molecule has 3 rings (SSSR count). The van der Waals surface area contributed by atoms with Gasteiger partial charge in [-0.2, -0.15) is 0 Å². The summed E-state index contributed by atoms with van der Waals surface area (Å²) in [5.74, 6) is 0. The smallest absolute Gasteiger partial charge is 0.113 e. The van der Waals surface area contributed by atoms with Gasteiger partial charge < -0.3 is 15.7 Å². The predicted molar refractivity (Wildman–Crippen MR) is 77.5 cm³/mol. The summed E-state index contributed by atoms with van der Waals surface area (Å²) in [5.41, 5.74) is 1.44. The standard InChI is InChI=1S/C14H21N5O/c20-14(6-8-16-11-14)10-15-7-3-9-19-13-5-2-1-4-12(13)17-18-19/h1-2,4-5,15-16,20H,3,6-11H2/t14-/m1/s1. The molecule has 0 saturated carbocycles. The molecule has 3 N–H and O–H groups in total. The van der Waals surface area contributed by atoms with Crippen molar-refractivity contribution in [2.45, 2.75) is 25.0 Å². The third-order valence-corrected chi connectivity index (χ3v) is 3.82. The van der Waals surface area contributed by atoms with E-state index in [-0.39, 0.29) is 0 Å². The average molecular weight is 275 g/mol. The third kappa shape index (κ3) is 2.98. The lowest BCUT2D eigenvalue weighted by atomic mass is 10.0. The zero-order valence-electron chi connectivity index (χ0n) is 11.5. The SMILES string of the molecule is O[C@@]1(CNCCCn2nnc3ccccc32)CCNC1. The van der Waals surface area contributed by atoms with E-state index in [0.29, 0.717) is 13.1 Å². The number of nitrogens with one attached hydrogen (secondary N) is 2. The number of para-hydroxylation sites is 1. The van der Waals surface area contributed by atoms with Gasteiger partial charge in [0.2, 0.25) is 0 Å². The summed E-state index contributed by atoms with van der Waals surface area (Å²) < 4.78 is 1.93. The second kappa shape index (κ2) is 5.87. The summed E-state index contributed by atoms with van der Waals surface area (Å²) >= 11 is 0. The highest BCUT2D eigenvalue weighted by Crippen LogP contribution is 2.12. The lowest BCUT2D eigenvalue weighted by Gasteiger charge is -2.21. The van der Waals surface area contributed by atoms with Crippen LogP contribution >= 0.6 is 0 Å². The van der Waals surface area contributed by atoms with E-state index in [1.807, 2.05) is 28.9 Å². The summed E-state index contributed by atoms with van der Waals surface area (Å²) in [4.78, 5) is 0. The van der Waals surface area contributed by atoms with Gasteiger partial charge in [0.15, 0.2) is 0 Å². The molecular weight excluding hydrogens is 254 g/mol. The minimum atomic E-state index is -0.569. The minimum absolute atomic E-state index is 0.569. The van der Waals surface area contributed by atoms with Crippen molar-refractivity contribution in [1.29, 1.82) is 0 Å². The van der Waals surface area contributed by atoms with E-state index in [0.717, 1.165) is 43.5 Å². The Kier molecular flexibility index (Phi) is 3.95. The zero-order chi connectivity index (χ0) is 13.8. The number of nitrogens with zero attached hydrogens (tertiary/aromatic N) is 3. The van der Waals surface area contributed by atoms with E-state index in [9.17, 15) is 5.11 Å². The average Bonchev–Trinajstić information content (AvgIpc) is 3.06. The van der Waals surface area contributed by atoms with Gasteiger partial charge in [0.05, 0.1) is 11.1 Å². The second-order valence-electron chi connectivity index (χ2n) is 5.48. The molecule has 108 valence electrons. The molecule has 6 nitrogen and oxygen atoms in total. The Morgan fingerprint density at radius 1 is 1.40 bits per heavy atom. The molecule has 20 heavy (non-hydrogen) atoms. The molecule has 0 amide bonds. The monoisotopic (exact) mass is 275 g/mol. The maximum Gasteiger partial charge on any atom is 0.113 e. The van der Waals surface area contributed by atoms with E-state index in [1.165, 1.54) is 0 Å². The Balaban J connectivity index is 1.44. The van der Waals surface area contributed by atoms with Crippen molar-refractivity contribution >= 4 is 11.0 Å². The van der Waals surface area contributed by atoms with Crippen LogP contribution in [-0.4, -0.2) is 51.9 Å². The quantitative estimate of drug-likeness (QED) is 0.654. The van der Waals surface area contributed by atoms with Crippen LogP contribution in [0, 0.1) is 0 Å². The van der Waals surface area contributed by atoms with E-state index in [4.69, 9.17) is 0 Å². The highest BCUT2D eigenvalue weighted by Gasteiger charge is 2.30. The molecule has 1 fully saturated rings. The molecule has 0 aliphatic carbocycles. The van der Waals surface area contributed by atoms with Crippen LogP contribution in [0.25, 0.3) is 11.0 Å². The van der Waals surface area contributed by atoms with Crippen molar-refractivity contribution in [1.82, 2.24) is 25.6 Å². The minimum Gasteiger partial charge on any atom is -0.387 e. The van der Waals surface area contributed by atoms with Gasteiger partial charge in [0, 0.05) is 19.6 Å². The number of aromatic nitrogens is 3. The highest BCUT2D eigenvalue weighted by molar-refractivity contribution is 5.73. The van der Waals surface area contributed by atoms with Gasteiger partial charge in [-0.1, -0.05) is 17.3 Å². The van der Waals surface area contributed by atoms with Crippen LogP contribution in [0.15, 0.2) is 24.3 Å². The first-order valence-electron chi connectivity index (χ1n) is 7.19. The van der Waals surface area contributed by atoms with Crippen molar-refractivity contribution in [3.8, 4) is 0 Å². The Morgan fingerprint density at radius 2 is 2.30 bits per heavy atom. The van der Waals surface area contributed by atoms with Gasteiger partial charge in [0.25, 0.3) is 0 Å². The molecular formula is C14H21N5O. The number of benzene rings is 1. The number of rotatable bonds is 6. The predicted octanol–water partition coefficient (Wildman–Crippen LogP) is 0.135. The summed E-state index contributed by atoms with van der Waals surface area (Å²) in [6.07, 6.45) is 1.80. The van der Waals surface area contributed by atoms with Crippen LogP contribution in [0.1, 0.15) is 12.8 Å². The summed E-state index contributed by atoms with van der Waals surface area (Å²) in [5, 5.41) is 25.0. The number of hydrogen-bond acceptors (Lipinski definition) is 5. The van der Waals surface area contributed by atoms with E-state index < -0.39 is 5.60 Å². The molecule has 6 heteroatoms. The molecule has 1 atom stereocenters. The van der Waals surface area contributed by atoms with Crippen molar-refractivity contribution in [2.24, 2.45) is 0 Å². The zero-order valence-corrected chi connectivity index (χ0v) is 11.5. The van der Waals surface area contributed by atoms with Gasteiger partial charge >= 0.3 is 0 Å². The van der Waals surface area contributed by atoms with Gasteiger partial charge in [-0.25, -0.2) is 4.68 Å². The Bertz CT molecular complexity index is 561. The number of β-amino-alcohol motifs (C(OH)–C–C–N with tert-alkyl or cyclic N) is 1. The largest absolute Gasteiger partial charge is 0.387 e. The number of aryl methyl sites for hydroxylation is 1. The molecule has 0 bridgehead atoms. The first-order chi connectivity index (χ1) is 9.77. The number of hydrogen-bond donors (Lipinski definition) is 3. The number of fused-ring (bicyclic) bond motifs is 1. The maximum absolute atomic E-state index is 10.2. The fraction of sp³-hybridized carbons (Fsp3) is 0.571. The van der Waals surface area contributed by atoms with E-state index >= 15 is 0 Å². The third-order valence-electron chi connectivity index (χ3n) is 3.82. The lowest BCUT2D eigenvalue weighted by molar-refractivity contribution is 0.0612. The lowest BCUT2D eigenvalue weighted by Crippen LogP contribution is -2.42. The fourth-order valence-electron chi connectivity index (χ4n) is 2.64. The number of aliphatic hydroxyl groups is 1. The normalized spacial score (nSPS) is 22.6. The molecule has 1 saturated heterocycles. The van der Waals surface area contributed by atoms with Gasteiger partial charge in [-0.3, -0.25) is 0 Å². The molecule has 1 aromatic heterocycles. The maximum atomic E-state index is 10.2. The van der Waals surface area contributed by atoms with Gasteiger partial charge in [-0.15, -0.1) is 5.10 Å². The fourth-order valence-corrected chi connectivity index (χ4v) is 2.64. The van der Waals surface area contributed by atoms with Crippen molar-refractivity contribution in [2.75, 3.05) is 26.2 Å². The van der Waals surface area contributed by atoms with Crippen molar-refractivity contribution < 1.29 is 5.11 Å². The first-order valence-corrected chi connectivity index (χ1v) is 7.19. The molecule has 1 aliphatic rings. The van der Waals surface area contributed by atoms with Crippen LogP contribution < -0.4 is 10.6 Å². The van der Waals surface area contributed by atoms with Crippen LogP contribution in [-0.2, 0) is 6.54 Å². The van der Waals surface area contributed by atoms with Crippen molar-refractivity contribution in [3.63, 3.8) is 0 Å². The molecule has 2 aromatic rings. The van der Waals surface area contributed by atoms with E-state index in [1.54, 1.807) is 0 Å². The molecule has 0 spiro atoms. The van der Waals surface area contributed by atoms with Crippen molar-refractivity contribution in [3.05, 3.63) is 24.3 Å². The first kappa shape index (κ1) is 13.5. The van der Waals surface area contributed by atoms with Gasteiger partial charge in [-0.05, 0) is 38.1 Å².